The van der Waals surface area contributed by atoms with E-state index in [-0.39, 0.29) is 17.9 Å². The molecule has 1 aliphatic carbocycles. The summed E-state index contributed by atoms with van der Waals surface area (Å²) in [6, 6.07) is -0.0816. The molecule has 0 spiro atoms. The van der Waals surface area contributed by atoms with Crippen molar-refractivity contribution in [2.24, 2.45) is 5.73 Å². The van der Waals surface area contributed by atoms with Crippen LogP contribution in [0.4, 0.5) is 0 Å². The number of hydrogen-bond acceptors (Lipinski definition) is 4. The van der Waals surface area contributed by atoms with Crippen LogP contribution in [-0.4, -0.2) is 77.4 Å². The number of rotatable bonds is 3. The number of nitrogens with zero attached hydrogens (tertiary/aromatic N) is 3. The molecule has 3 aliphatic rings. The molecule has 136 valence electrons. The van der Waals surface area contributed by atoms with Crippen LogP contribution in [0.25, 0.3) is 0 Å². The van der Waals surface area contributed by atoms with Gasteiger partial charge in [-0.2, -0.15) is 0 Å². The largest absolute Gasteiger partial charge is 0.341 e. The highest BCUT2D eigenvalue weighted by Crippen LogP contribution is 2.28. The molecule has 0 aromatic heterocycles. The molecule has 1 atom stereocenters. The van der Waals surface area contributed by atoms with Crippen molar-refractivity contribution in [1.82, 2.24) is 14.7 Å². The highest BCUT2D eigenvalue weighted by Gasteiger charge is 2.40. The zero-order valence-electron chi connectivity index (χ0n) is 15.0. The van der Waals surface area contributed by atoms with Gasteiger partial charge in [-0.15, -0.1) is 0 Å². The number of carbonyl (C=O) groups is 2. The number of likely N-dealkylation sites (tertiary alicyclic amines) is 1. The Bertz CT molecular complexity index is 462. The van der Waals surface area contributed by atoms with E-state index < -0.39 is 5.54 Å². The van der Waals surface area contributed by atoms with Gasteiger partial charge in [0.25, 0.3) is 0 Å². The van der Waals surface area contributed by atoms with Crippen molar-refractivity contribution in [2.75, 3.05) is 39.3 Å². The first-order chi connectivity index (χ1) is 11.5. The summed E-state index contributed by atoms with van der Waals surface area (Å²) in [5, 5.41) is 0. The first-order valence-corrected chi connectivity index (χ1v) is 9.62. The quantitative estimate of drug-likeness (QED) is 0.828. The second-order valence-electron chi connectivity index (χ2n) is 7.75. The van der Waals surface area contributed by atoms with Crippen LogP contribution in [0.2, 0.25) is 0 Å². The monoisotopic (exact) mass is 336 g/mol. The summed E-state index contributed by atoms with van der Waals surface area (Å²) in [5.74, 6) is 0.371. The fraction of sp³-hybridized carbons (Fsp3) is 0.889. The second-order valence-corrected chi connectivity index (χ2v) is 7.75. The molecule has 3 fully saturated rings. The fourth-order valence-electron chi connectivity index (χ4n) is 4.38. The maximum atomic E-state index is 12.8. The van der Waals surface area contributed by atoms with Gasteiger partial charge in [0.1, 0.15) is 0 Å². The minimum atomic E-state index is -0.641. The number of amides is 2. The molecule has 1 saturated carbocycles. The van der Waals surface area contributed by atoms with Gasteiger partial charge in [-0.05, 0) is 32.6 Å². The number of nitrogens with two attached hydrogens (primary N) is 1. The van der Waals surface area contributed by atoms with Crippen molar-refractivity contribution >= 4 is 11.8 Å². The van der Waals surface area contributed by atoms with Gasteiger partial charge in [-0.1, -0.05) is 19.3 Å². The van der Waals surface area contributed by atoms with Crippen molar-refractivity contribution in [1.29, 1.82) is 0 Å². The fourth-order valence-corrected chi connectivity index (χ4v) is 4.38. The molecule has 2 aliphatic heterocycles. The Balaban J connectivity index is 1.51. The van der Waals surface area contributed by atoms with Gasteiger partial charge in [0.2, 0.25) is 11.8 Å². The van der Waals surface area contributed by atoms with Crippen LogP contribution in [0, 0.1) is 0 Å². The highest BCUT2D eigenvalue weighted by molar-refractivity contribution is 5.86. The summed E-state index contributed by atoms with van der Waals surface area (Å²) in [7, 11) is 0. The minimum Gasteiger partial charge on any atom is -0.341 e. The summed E-state index contributed by atoms with van der Waals surface area (Å²) in [5.41, 5.74) is 5.75. The predicted molar refractivity (Wildman–Crippen MR) is 93.4 cm³/mol. The Morgan fingerprint density at radius 1 is 0.833 bits per heavy atom. The molecule has 6 nitrogen and oxygen atoms in total. The van der Waals surface area contributed by atoms with Gasteiger partial charge < -0.3 is 15.5 Å². The third-order valence-electron chi connectivity index (χ3n) is 6.10. The molecule has 2 saturated heterocycles. The van der Waals surface area contributed by atoms with E-state index in [2.05, 4.69) is 4.90 Å². The molecular weight excluding hydrogens is 304 g/mol. The van der Waals surface area contributed by atoms with Crippen molar-refractivity contribution in [3.05, 3.63) is 0 Å². The van der Waals surface area contributed by atoms with E-state index in [0.29, 0.717) is 13.1 Å². The Morgan fingerprint density at radius 2 is 1.42 bits per heavy atom. The predicted octanol–water partition coefficient (Wildman–Crippen LogP) is 0.803. The van der Waals surface area contributed by atoms with E-state index in [0.717, 1.165) is 64.7 Å². The van der Waals surface area contributed by atoms with E-state index in [1.54, 1.807) is 0 Å². The topological polar surface area (TPSA) is 69.9 Å². The molecule has 0 bridgehead atoms. The lowest BCUT2D eigenvalue weighted by Gasteiger charge is -2.42. The summed E-state index contributed by atoms with van der Waals surface area (Å²) >= 11 is 0. The Hall–Kier alpha value is -1.14. The maximum Gasteiger partial charge on any atom is 0.242 e. The third kappa shape index (κ3) is 3.59. The maximum absolute atomic E-state index is 12.8. The normalized spacial score (nSPS) is 26.4. The van der Waals surface area contributed by atoms with Gasteiger partial charge in [-0.25, -0.2) is 0 Å². The second kappa shape index (κ2) is 7.40. The van der Waals surface area contributed by atoms with Crippen LogP contribution >= 0.6 is 0 Å². The average molecular weight is 336 g/mol. The molecule has 3 rings (SSSR count). The molecular formula is C18H32N4O2. The summed E-state index contributed by atoms with van der Waals surface area (Å²) in [6.45, 7) is 6.72. The van der Waals surface area contributed by atoms with Crippen LogP contribution in [0.5, 0.6) is 0 Å². The lowest BCUT2D eigenvalue weighted by molar-refractivity contribution is -0.142. The number of hydrogen-bond donors (Lipinski definition) is 1. The summed E-state index contributed by atoms with van der Waals surface area (Å²) < 4.78 is 0. The van der Waals surface area contributed by atoms with Gasteiger partial charge in [-0.3, -0.25) is 14.5 Å². The van der Waals surface area contributed by atoms with E-state index >= 15 is 0 Å². The lowest BCUT2D eigenvalue weighted by Crippen LogP contribution is -2.61. The Kier molecular flexibility index (Phi) is 5.45. The lowest BCUT2D eigenvalue weighted by atomic mass is 9.81. The van der Waals surface area contributed by atoms with Gasteiger partial charge in [0, 0.05) is 39.3 Å². The van der Waals surface area contributed by atoms with E-state index in [9.17, 15) is 9.59 Å². The molecule has 6 heteroatoms. The van der Waals surface area contributed by atoms with Crippen LogP contribution in [0.1, 0.15) is 51.9 Å². The van der Waals surface area contributed by atoms with Gasteiger partial charge in [0.05, 0.1) is 11.6 Å². The minimum absolute atomic E-state index is 0.0816. The molecule has 0 aromatic carbocycles. The zero-order valence-corrected chi connectivity index (χ0v) is 15.0. The third-order valence-corrected chi connectivity index (χ3v) is 6.10. The summed E-state index contributed by atoms with van der Waals surface area (Å²) in [6.07, 6.45) is 7.19. The van der Waals surface area contributed by atoms with Crippen molar-refractivity contribution < 1.29 is 9.59 Å². The van der Waals surface area contributed by atoms with Gasteiger partial charge >= 0.3 is 0 Å². The number of carbonyl (C=O) groups excluding carboxylic acids is 2. The molecule has 0 aromatic rings. The highest BCUT2D eigenvalue weighted by atomic mass is 16.2. The molecule has 2 heterocycles. The zero-order chi connectivity index (χ0) is 17.2. The summed E-state index contributed by atoms with van der Waals surface area (Å²) in [4.78, 5) is 31.5. The van der Waals surface area contributed by atoms with E-state index in [1.165, 1.54) is 6.42 Å². The van der Waals surface area contributed by atoms with Gasteiger partial charge in [0.15, 0.2) is 0 Å². The molecule has 1 unspecified atom stereocenters. The van der Waals surface area contributed by atoms with Crippen molar-refractivity contribution in [3.8, 4) is 0 Å². The Morgan fingerprint density at radius 3 is 2.00 bits per heavy atom. The first kappa shape index (κ1) is 17.7. The van der Waals surface area contributed by atoms with Crippen molar-refractivity contribution in [3.63, 3.8) is 0 Å². The van der Waals surface area contributed by atoms with Crippen LogP contribution in [0.15, 0.2) is 0 Å². The molecule has 0 radical (unpaired) electrons. The van der Waals surface area contributed by atoms with E-state index in [4.69, 9.17) is 5.73 Å². The molecule has 2 N–H and O–H groups in total. The number of piperazine rings is 1. The van der Waals surface area contributed by atoms with Crippen LogP contribution in [0.3, 0.4) is 0 Å². The smallest absolute Gasteiger partial charge is 0.242 e. The van der Waals surface area contributed by atoms with E-state index in [1.807, 2.05) is 16.7 Å². The standard InChI is InChI=1S/C18H32N4O2/c1-15(16(23)21-9-5-6-10-21)20-11-13-22(14-12-20)17(24)18(19)7-3-2-4-8-18/h15H,2-14,19H2,1H3. The SMILES string of the molecule is CC(C(=O)N1CCCC1)N1CCN(C(=O)C2(N)CCCCC2)CC1. The molecule has 24 heavy (non-hydrogen) atoms. The Labute approximate surface area is 145 Å². The van der Waals surface area contributed by atoms with Crippen LogP contribution < -0.4 is 5.73 Å². The first-order valence-electron chi connectivity index (χ1n) is 9.62. The van der Waals surface area contributed by atoms with Crippen LogP contribution in [-0.2, 0) is 9.59 Å². The molecule has 2 amide bonds. The van der Waals surface area contributed by atoms with Crippen molar-refractivity contribution in [2.45, 2.75) is 63.5 Å². The average Bonchev–Trinajstić information content (AvgIpc) is 3.15.